The van der Waals surface area contributed by atoms with Crippen LogP contribution in [0.3, 0.4) is 0 Å². The molecule has 1 rings (SSSR count). The summed E-state index contributed by atoms with van der Waals surface area (Å²) >= 11 is 0. The zero-order valence-corrected chi connectivity index (χ0v) is 12.8. The number of benzene rings is 1. The average Bonchev–Trinajstić information content (AvgIpc) is 2.47. The van der Waals surface area contributed by atoms with Crippen LogP contribution in [0.15, 0.2) is 30.3 Å². The number of hydrogen-bond acceptors (Lipinski definition) is 2. The number of carboxylic acid groups (broad SMARTS) is 1. The van der Waals surface area contributed by atoms with Crippen LogP contribution in [0.2, 0.25) is 0 Å². The summed E-state index contributed by atoms with van der Waals surface area (Å²) in [5.41, 5.74) is 1.08. The Labute approximate surface area is 126 Å². The van der Waals surface area contributed by atoms with Crippen LogP contribution in [0, 0.1) is 0 Å². The van der Waals surface area contributed by atoms with Crippen LogP contribution in [0.1, 0.15) is 51.0 Å². The zero-order valence-electron chi connectivity index (χ0n) is 12.8. The summed E-state index contributed by atoms with van der Waals surface area (Å²) in [6, 6.07) is 9.83. The third-order valence-corrected chi connectivity index (χ3v) is 3.38. The number of aliphatic carboxylic acids is 1. The van der Waals surface area contributed by atoms with Gasteiger partial charge in [0.05, 0.1) is 0 Å². The Morgan fingerprint density at radius 1 is 1.05 bits per heavy atom. The standard InChI is InChI=1S/C17H25NO3/c1-2-3-5-11-16(19)18(13-8-12-17(20)21)14-15-9-6-4-7-10-15/h4,6-7,9-10H,2-3,5,8,11-14H2,1H3,(H,20,21). The molecule has 0 saturated heterocycles. The first-order valence-electron chi connectivity index (χ1n) is 7.67. The van der Waals surface area contributed by atoms with E-state index in [0.717, 1.165) is 24.8 Å². The molecular formula is C17H25NO3. The topological polar surface area (TPSA) is 57.6 Å². The summed E-state index contributed by atoms with van der Waals surface area (Å²) in [6.07, 6.45) is 4.20. The number of carbonyl (C=O) groups is 2. The molecule has 0 saturated carbocycles. The van der Waals surface area contributed by atoms with Crippen molar-refractivity contribution < 1.29 is 14.7 Å². The van der Waals surface area contributed by atoms with Crippen molar-refractivity contribution in [1.29, 1.82) is 0 Å². The van der Waals surface area contributed by atoms with E-state index in [2.05, 4.69) is 6.92 Å². The predicted octanol–water partition coefficient (Wildman–Crippen LogP) is 3.46. The maximum atomic E-state index is 12.3. The molecule has 0 aliphatic heterocycles. The van der Waals surface area contributed by atoms with E-state index >= 15 is 0 Å². The summed E-state index contributed by atoms with van der Waals surface area (Å²) < 4.78 is 0. The van der Waals surface area contributed by atoms with Gasteiger partial charge >= 0.3 is 5.97 Å². The number of nitrogens with zero attached hydrogens (tertiary/aromatic N) is 1. The molecule has 1 aromatic rings. The molecule has 21 heavy (non-hydrogen) atoms. The molecule has 116 valence electrons. The molecule has 0 spiro atoms. The van der Waals surface area contributed by atoms with Gasteiger partial charge in [-0.15, -0.1) is 0 Å². The van der Waals surface area contributed by atoms with Crippen molar-refractivity contribution in [2.24, 2.45) is 0 Å². The van der Waals surface area contributed by atoms with E-state index in [-0.39, 0.29) is 12.3 Å². The maximum absolute atomic E-state index is 12.3. The highest BCUT2D eigenvalue weighted by atomic mass is 16.4. The SMILES string of the molecule is CCCCCC(=O)N(CCCC(=O)O)Cc1ccccc1. The Hall–Kier alpha value is -1.84. The summed E-state index contributed by atoms with van der Waals surface area (Å²) in [5.74, 6) is -0.689. The molecule has 0 heterocycles. The summed E-state index contributed by atoms with van der Waals surface area (Å²) in [4.78, 5) is 24.7. The molecule has 4 nitrogen and oxygen atoms in total. The molecule has 4 heteroatoms. The minimum absolute atomic E-state index is 0.105. The van der Waals surface area contributed by atoms with E-state index < -0.39 is 5.97 Å². The third kappa shape index (κ3) is 7.49. The van der Waals surface area contributed by atoms with E-state index in [4.69, 9.17) is 5.11 Å². The van der Waals surface area contributed by atoms with Crippen LogP contribution < -0.4 is 0 Å². The number of carbonyl (C=O) groups excluding carboxylic acids is 1. The Balaban J connectivity index is 2.55. The number of amides is 1. The minimum atomic E-state index is -0.812. The van der Waals surface area contributed by atoms with Gasteiger partial charge in [0.15, 0.2) is 0 Å². The lowest BCUT2D eigenvalue weighted by Crippen LogP contribution is -2.31. The molecule has 0 atom stereocenters. The van der Waals surface area contributed by atoms with Crippen molar-refractivity contribution in [3.05, 3.63) is 35.9 Å². The van der Waals surface area contributed by atoms with Gasteiger partial charge in [-0.3, -0.25) is 9.59 Å². The smallest absolute Gasteiger partial charge is 0.303 e. The quantitative estimate of drug-likeness (QED) is 0.672. The Bertz CT molecular complexity index is 431. The molecule has 0 aliphatic rings. The maximum Gasteiger partial charge on any atom is 0.303 e. The van der Waals surface area contributed by atoms with Gasteiger partial charge in [0.25, 0.3) is 0 Å². The second kappa shape index (κ2) is 9.97. The van der Waals surface area contributed by atoms with E-state index in [9.17, 15) is 9.59 Å². The number of rotatable bonds is 10. The van der Waals surface area contributed by atoms with E-state index in [0.29, 0.717) is 25.9 Å². The molecule has 0 radical (unpaired) electrons. The van der Waals surface area contributed by atoms with E-state index in [1.54, 1.807) is 4.90 Å². The van der Waals surface area contributed by atoms with Crippen LogP contribution in [-0.2, 0) is 16.1 Å². The molecule has 1 N–H and O–H groups in total. The largest absolute Gasteiger partial charge is 0.481 e. The van der Waals surface area contributed by atoms with Gasteiger partial charge in [0.2, 0.25) is 5.91 Å². The number of carboxylic acids is 1. The van der Waals surface area contributed by atoms with Crippen molar-refractivity contribution in [2.75, 3.05) is 6.54 Å². The predicted molar refractivity (Wildman–Crippen MR) is 82.9 cm³/mol. The average molecular weight is 291 g/mol. The third-order valence-electron chi connectivity index (χ3n) is 3.38. The Morgan fingerprint density at radius 3 is 2.38 bits per heavy atom. The molecule has 1 aromatic carbocycles. The fourth-order valence-electron chi connectivity index (χ4n) is 2.20. The van der Waals surface area contributed by atoms with Gasteiger partial charge in [0, 0.05) is 25.9 Å². The minimum Gasteiger partial charge on any atom is -0.481 e. The lowest BCUT2D eigenvalue weighted by molar-refractivity contribution is -0.138. The van der Waals surface area contributed by atoms with Gasteiger partial charge in [0.1, 0.15) is 0 Å². The molecular weight excluding hydrogens is 266 g/mol. The van der Waals surface area contributed by atoms with Crippen molar-refractivity contribution in [2.45, 2.75) is 52.0 Å². The summed E-state index contributed by atoms with van der Waals surface area (Å²) in [5, 5.41) is 8.72. The number of hydrogen-bond donors (Lipinski definition) is 1. The van der Waals surface area contributed by atoms with E-state index in [1.165, 1.54) is 0 Å². The summed E-state index contributed by atoms with van der Waals surface area (Å²) in [7, 11) is 0. The Kier molecular flexibility index (Phi) is 8.17. The fourth-order valence-corrected chi connectivity index (χ4v) is 2.20. The highest BCUT2D eigenvalue weighted by Crippen LogP contribution is 2.10. The van der Waals surface area contributed by atoms with Gasteiger partial charge < -0.3 is 10.0 Å². The molecule has 0 bridgehead atoms. The monoisotopic (exact) mass is 291 g/mol. The second-order valence-electron chi connectivity index (χ2n) is 5.26. The van der Waals surface area contributed by atoms with Crippen LogP contribution >= 0.6 is 0 Å². The van der Waals surface area contributed by atoms with Crippen LogP contribution in [-0.4, -0.2) is 28.4 Å². The van der Waals surface area contributed by atoms with Gasteiger partial charge in [-0.05, 0) is 18.4 Å². The second-order valence-corrected chi connectivity index (χ2v) is 5.26. The van der Waals surface area contributed by atoms with Crippen molar-refractivity contribution in [3.8, 4) is 0 Å². The first kappa shape index (κ1) is 17.2. The van der Waals surface area contributed by atoms with Crippen LogP contribution in [0.4, 0.5) is 0 Å². The first-order chi connectivity index (χ1) is 10.1. The van der Waals surface area contributed by atoms with Crippen LogP contribution in [0.5, 0.6) is 0 Å². The van der Waals surface area contributed by atoms with Crippen LogP contribution in [0.25, 0.3) is 0 Å². The van der Waals surface area contributed by atoms with Crippen molar-refractivity contribution in [3.63, 3.8) is 0 Å². The van der Waals surface area contributed by atoms with Crippen molar-refractivity contribution >= 4 is 11.9 Å². The highest BCUT2D eigenvalue weighted by Gasteiger charge is 2.14. The molecule has 1 amide bonds. The summed E-state index contributed by atoms with van der Waals surface area (Å²) in [6.45, 7) is 3.18. The lowest BCUT2D eigenvalue weighted by atomic mass is 10.1. The Morgan fingerprint density at radius 2 is 1.76 bits per heavy atom. The normalized spacial score (nSPS) is 10.3. The molecule has 0 aliphatic carbocycles. The highest BCUT2D eigenvalue weighted by molar-refractivity contribution is 5.76. The van der Waals surface area contributed by atoms with E-state index in [1.807, 2.05) is 30.3 Å². The van der Waals surface area contributed by atoms with Gasteiger partial charge in [-0.1, -0.05) is 50.1 Å². The molecule has 0 fully saturated rings. The fraction of sp³-hybridized carbons (Fsp3) is 0.529. The zero-order chi connectivity index (χ0) is 15.5. The van der Waals surface area contributed by atoms with Gasteiger partial charge in [-0.25, -0.2) is 0 Å². The molecule has 0 aromatic heterocycles. The van der Waals surface area contributed by atoms with Gasteiger partial charge in [-0.2, -0.15) is 0 Å². The van der Waals surface area contributed by atoms with Crippen molar-refractivity contribution in [1.82, 2.24) is 4.90 Å². The number of unbranched alkanes of at least 4 members (excludes halogenated alkanes) is 2. The lowest BCUT2D eigenvalue weighted by Gasteiger charge is -2.22. The first-order valence-corrected chi connectivity index (χ1v) is 7.67. The molecule has 0 unspecified atom stereocenters.